The van der Waals surface area contributed by atoms with Crippen LogP contribution in [0.4, 0.5) is 0 Å². The van der Waals surface area contributed by atoms with Crippen molar-refractivity contribution in [3.05, 3.63) is 34.0 Å². The number of hydrogen-bond donors (Lipinski definition) is 0. The van der Waals surface area contributed by atoms with Gasteiger partial charge in [-0.1, -0.05) is 6.07 Å². The number of aromatic nitrogens is 3. The lowest BCUT2D eigenvalue weighted by molar-refractivity contribution is 0.794. The third-order valence-corrected chi connectivity index (χ3v) is 3.06. The van der Waals surface area contributed by atoms with Crippen LogP contribution in [0.1, 0.15) is 23.4 Å². The van der Waals surface area contributed by atoms with Gasteiger partial charge in [-0.2, -0.15) is 5.10 Å². The normalized spacial score (nSPS) is 12.1. The largest absolute Gasteiger partial charge is 0.202 e. The summed E-state index contributed by atoms with van der Waals surface area (Å²) in [6.45, 7) is 5.78. The van der Waals surface area contributed by atoms with Gasteiger partial charge in [-0.3, -0.25) is 0 Å². The zero-order valence-electron chi connectivity index (χ0n) is 8.93. The number of thiophene rings is 1. The molecule has 0 unspecified atom stereocenters. The third-order valence-electron chi connectivity index (χ3n) is 2.08. The van der Waals surface area contributed by atoms with Crippen molar-refractivity contribution in [3.8, 4) is 0 Å². The molecule has 0 N–H and O–H groups in total. The molecule has 2 rings (SSSR count). The van der Waals surface area contributed by atoms with Gasteiger partial charge in [0.2, 0.25) is 0 Å². The number of hydrogen-bond acceptors (Lipinski definition) is 4. The molecule has 2 aromatic heterocycles. The monoisotopic (exact) mass is 220 g/mol. The van der Waals surface area contributed by atoms with Crippen LogP contribution in [0.15, 0.2) is 22.6 Å². The smallest absolute Gasteiger partial charge is 0.151 e. The minimum Gasteiger partial charge on any atom is -0.202 e. The highest BCUT2D eigenvalue weighted by atomic mass is 32.1. The lowest BCUT2D eigenvalue weighted by Crippen LogP contribution is -2.01. The second-order valence-corrected chi connectivity index (χ2v) is 4.22. The van der Waals surface area contributed by atoms with E-state index >= 15 is 0 Å². The summed E-state index contributed by atoms with van der Waals surface area (Å²) >= 11 is 1.68. The molecule has 0 amide bonds. The van der Waals surface area contributed by atoms with Crippen LogP contribution in [0.2, 0.25) is 0 Å². The van der Waals surface area contributed by atoms with Crippen molar-refractivity contribution in [2.24, 2.45) is 5.10 Å². The quantitative estimate of drug-likeness (QED) is 0.728. The molecule has 0 saturated heterocycles. The van der Waals surface area contributed by atoms with E-state index in [-0.39, 0.29) is 0 Å². The molecule has 0 saturated carbocycles. The Morgan fingerprint density at radius 3 is 2.53 bits per heavy atom. The van der Waals surface area contributed by atoms with Gasteiger partial charge < -0.3 is 0 Å². The van der Waals surface area contributed by atoms with Gasteiger partial charge in [0.15, 0.2) is 11.6 Å². The van der Waals surface area contributed by atoms with E-state index < -0.39 is 0 Å². The Hall–Kier alpha value is -1.49. The van der Waals surface area contributed by atoms with Crippen molar-refractivity contribution in [1.82, 2.24) is 14.9 Å². The van der Waals surface area contributed by atoms with Gasteiger partial charge in [0.25, 0.3) is 0 Å². The molecule has 0 spiro atoms. The van der Waals surface area contributed by atoms with Gasteiger partial charge in [-0.15, -0.1) is 21.5 Å². The van der Waals surface area contributed by atoms with Crippen molar-refractivity contribution < 1.29 is 0 Å². The van der Waals surface area contributed by atoms with E-state index in [1.807, 2.05) is 32.2 Å². The fourth-order valence-corrected chi connectivity index (χ4v) is 1.96. The molecule has 0 radical (unpaired) electrons. The minimum atomic E-state index is 0.809. The van der Waals surface area contributed by atoms with Gasteiger partial charge in [0.05, 0.1) is 10.6 Å². The number of aryl methyl sites for hydroxylation is 2. The molecule has 2 aromatic rings. The van der Waals surface area contributed by atoms with Crippen LogP contribution in [0, 0.1) is 13.8 Å². The van der Waals surface area contributed by atoms with Crippen molar-refractivity contribution in [2.75, 3.05) is 0 Å². The Morgan fingerprint density at radius 2 is 2.00 bits per heavy atom. The number of nitrogens with zero attached hydrogens (tertiary/aromatic N) is 4. The standard InChI is InChI=1S/C10H12N4S/c1-7(10-5-4-6-15-10)13-14-8(2)11-12-9(14)3/h4-6H,1-3H3/b13-7+. The summed E-state index contributed by atoms with van der Waals surface area (Å²) in [6, 6.07) is 4.07. The molecule has 2 heterocycles. The zero-order valence-corrected chi connectivity index (χ0v) is 9.75. The van der Waals surface area contributed by atoms with Crippen molar-refractivity contribution in [1.29, 1.82) is 0 Å². The maximum Gasteiger partial charge on any atom is 0.151 e. The van der Waals surface area contributed by atoms with Crippen LogP contribution < -0.4 is 0 Å². The van der Waals surface area contributed by atoms with E-state index in [0.29, 0.717) is 0 Å². The van der Waals surface area contributed by atoms with Crippen LogP contribution in [-0.4, -0.2) is 20.6 Å². The highest BCUT2D eigenvalue weighted by Crippen LogP contribution is 2.11. The molecule has 0 bridgehead atoms. The Bertz CT molecular complexity index is 462. The summed E-state index contributed by atoms with van der Waals surface area (Å²) in [5.74, 6) is 1.62. The Labute approximate surface area is 92.3 Å². The predicted molar refractivity (Wildman–Crippen MR) is 61.4 cm³/mol. The van der Waals surface area contributed by atoms with E-state index in [0.717, 1.165) is 17.4 Å². The topological polar surface area (TPSA) is 43.1 Å². The summed E-state index contributed by atoms with van der Waals surface area (Å²) in [6.07, 6.45) is 0. The summed E-state index contributed by atoms with van der Waals surface area (Å²) in [5, 5.41) is 14.4. The Morgan fingerprint density at radius 1 is 1.33 bits per heavy atom. The highest BCUT2D eigenvalue weighted by Gasteiger charge is 2.04. The summed E-state index contributed by atoms with van der Waals surface area (Å²) < 4.78 is 1.76. The summed E-state index contributed by atoms with van der Waals surface area (Å²) in [5.41, 5.74) is 0.982. The molecule has 78 valence electrons. The van der Waals surface area contributed by atoms with Crippen LogP contribution in [-0.2, 0) is 0 Å². The summed E-state index contributed by atoms with van der Waals surface area (Å²) in [4.78, 5) is 1.17. The maximum absolute atomic E-state index is 4.48. The van der Waals surface area contributed by atoms with Crippen LogP contribution in [0.25, 0.3) is 0 Å². The molecule has 0 aliphatic carbocycles. The highest BCUT2D eigenvalue weighted by molar-refractivity contribution is 7.12. The molecule has 0 atom stereocenters. The van der Waals surface area contributed by atoms with Crippen molar-refractivity contribution in [3.63, 3.8) is 0 Å². The van der Waals surface area contributed by atoms with Crippen LogP contribution in [0.5, 0.6) is 0 Å². The average Bonchev–Trinajstić information content (AvgIpc) is 2.82. The van der Waals surface area contributed by atoms with Crippen molar-refractivity contribution in [2.45, 2.75) is 20.8 Å². The number of rotatable bonds is 2. The van der Waals surface area contributed by atoms with E-state index in [1.165, 1.54) is 4.88 Å². The molecule has 5 heteroatoms. The first kappa shape index (κ1) is 10.0. The Kier molecular flexibility index (Phi) is 2.64. The second-order valence-electron chi connectivity index (χ2n) is 3.27. The lowest BCUT2D eigenvalue weighted by atomic mass is 10.3. The van der Waals surface area contributed by atoms with Crippen LogP contribution in [0.3, 0.4) is 0 Å². The van der Waals surface area contributed by atoms with Gasteiger partial charge >= 0.3 is 0 Å². The van der Waals surface area contributed by atoms with E-state index in [2.05, 4.69) is 21.4 Å². The SMILES string of the molecule is C/C(=N\n1c(C)nnc1C)c1cccs1. The van der Waals surface area contributed by atoms with Gasteiger partial charge in [0.1, 0.15) is 0 Å². The predicted octanol–water partition coefficient (Wildman–Crippen LogP) is 2.23. The third kappa shape index (κ3) is 1.97. The average molecular weight is 220 g/mol. The van der Waals surface area contributed by atoms with E-state index in [9.17, 15) is 0 Å². The Balaban J connectivity index is 2.39. The molecular weight excluding hydrogens is 208 g/mol. The molecule has 0 aromatic carbocycles. The van der Waals surface area contributed by atoms with Crippen LogP contribution >= 0.6 is 11.3 Å². The fourth-order valence-electron chi connectivity index (χ4n) is 1.29. The van der Waals surface area contributed by atoms with Gasteiger partial charge in [-0.25, -0.2) is 4.68 Å². The zero-order chi connectivity index (χ0) is 10.8. The molecule has 0 aliphatic heterocycles. The fraction of sp³-hybridized carbons (Fsp3) is 0.300. The minimum absolute atomic E-state index is 0.809. The van der Waals surface area contributed by atoms with Gasteiger partial charge in [-0.05, 0) is 32.2 Å². The molecule has 4 nitrogen and oxygen atoms in total. The first-order chi connectivity index (χ1) is 7.18. The van der Waals surface area contributed by atoms with E-state index in [1.54, 1.807) is 16.0 Å². The molecular formula is C10H12N4S. The maximum atomic E-state index is 4.48. The van der Waals surface area contributed by atoms with Gasteiger partial charge in [0, 0.05) is 0 Å². The first-order valence-corrected chi connectivity index (χ1v) is 5.54. The van der Waals surface area contributed by atoms with E-state index in [4.69, 9.17) is 0 Å². The first-order valence-electron chi connectivity index (χ1n) is 4.66. The molecule has 0 fully saturated rings. The summed E-state index contributed by atoms with van der Waals surface area (Å²) in [7, 11) is 0. The lowest BCUT2D eigenvalue weighted by Gasteiger charge is -2.00. The molecule has 15 heavy (non-hydrogen) atoms. The second kappa shape index (κ2) is 3.94. The van der Waals surface area contributed by atoms with Crippen molar-refractivity contribution >= 4 is 17.0 Å². The molecule has 0 aliphatic rings.